The van der Waals surface area contributed by atoms with Crippen LogP contribution in [0.15, 0.2) is 72.3 Å². The Labute approximate surface area is 222 Å². The van der Waals surface area contributed by atoms with Crippen molar-refractivity contribution in [1.82, 2.24) is 4.98 Å². The van der Waals surface area contributed by atoms with Crippen LogP contribution in [0.25, 0.3) is 16.7 Å². The fraction of sp³-hybridized carbons (Fsp3) is 0.250. The van der Waals surface area contributed by atoms with Crippen LogP contribution in [0.2, 0.25) is 0 Å². The first kappa shape index (κ1) is 25.3. The minimum atomic E-state index is -0.800. The molecule has 1 atom stereocenters. The molecular weight excluding hydrogens is 476 g/mol. The number of aromatic nitrogens is 1. The summed E-state index contributed by atoms with van der Waals surface area (Å²) in [7, 11) is 0. The highest BCUT2D eigenvalue weighted by Crippen LogP contribution is 2.45. The van der Waals surface area contributed by atoms with E-state index < -0.39 is 17.7 Å². The first-order chi connectivity index (χ1) is 18.2. The first-order valence-electron chi connectivity index (χ1n) is 13.0. The number of ketones is 1. The van der Waals surface area contributed by atoms with E-state index in [1.807, 2.05) is 76.2 Å². The van der Waals surface area contributed by atoms with E-state index in [0.717, 1.165) is 39.7 Å². The fourth-order valence-electron chi connectivity index (χ4n) is 5.25. The SMILES string of the molecule is CCc1ccc(N2C(=O)C(=O)/C(=C(/O)c3ccc(OC(C)C)c(C)c3)C2c2c(C)[nH]c3ccccc23)cc1. The van der Waals surface area contributed by atoms with Gasteiger partial charge in [0.25, 0.3) is 11.7 Å². The normalized spacial score (nSPS) is 17.1. The zero-order chi connectivity index (χ0) is 27.1. The largest absolute Gasteiger partial charge is 0.507 e. The third-order valence-electron chi connectivity index (χ3n) is 7.10. The summed E-state index contributed by atoms with van der Waals surface area (Å²) in [6.07, 6.45) is 0.863. The predicted molar refractivity (Wildman–Crippen MR) is 151 cm³/mol. The van der Waals surface area contributed by atoms with Gasteiger partial charge in [0.15, 0.2) is 0 Å². The number of nitrogens with zero attached hydrogens (tertiary/aromatic N) is 1. The highest BCUT2D eigenvalue weighted by atomic mass is 16.5. The highest BCUT2D eigenvalue weighted by Gasteiger charge is 2.48. The summed E-state index contributed by atoms with van der Waals surface area (Å²) in [6, 6.07) is 20.0. The second-order valence-corrected chi connectivity index (χ2v) is 10.0. The second kappa shape index (κ2) is 9.86. The molecular formula is C32H32N2O4. The van der Waals surface area contributed by atoms with Crippen LogP contribution in [0.1, 0.15) is 54.8 Å². The molecule has 0 bridgehead atoms. The van der Waals surface area contributed by atoms with E-state index >= 15 is 0 Å². The number of carbonyl (C=O) groups is 2. The molecule has 38 heavy (non-hydrogen) atoms. The Kier molecular flexibility index (Phi) is 6.57. The van der Waals surface area contributed by atoms with Crippen molar-refractivity contribution in [1.29, 1.82) is 0 Å². The molecule has 1 aromatic heterocycles. The summed E-state index contributed by atoms with van der Waals surface area (Å²) in [5, 5.41) is 12.5. The second-order valence-electron chi connectivity index (χ2n) is 10.0. The van der Waals surface area contributed by atoms with Crippen LogP contribution in [0, 0.1) is 13.8 Å². The van der Waals surface area contributed by atoms with Crippen molar-refractivity contribution in [2.45, 2.75) is 53.2 Å². The van der Waals surface area contributed by atoms with Crippen molar-refractivity contribution < 1.29 is 19.4 Å². The molecule has 0 saturated carbocycles. The number of hydrogen-bond acceptors (Lipinski definition) is 4. The monoisotopic (exact) mass is 508 g/mol. The van der Waals surface area contributed by atoms with E-state index in [1.165, 1.54) is 4.90 Å². The maximum atomic E-state index is 13.6. The van der Waals surface area contributed by atoms with Crippen LogP contribution in [-0.4, -0.2) is 27.9 Å². The third-order valence-corrected chi connectivity index (χ3v) is 7.10. The number of Topliss-reactive ketones (excluding diaryl/α,β-unsaturated/α-hetero) is 1. The van der Waals surface area contributed by atoms with Crippen LogP contribution in [-0.2, 0) is 16.0 Å². The number of H-pyrrole nitrogens is 1. The molecule has 2 N–H and O–H groups in total. The molecule has 0 aliphatic carbocycles. The summed E-state index contributed by atoms with van der Waals surface area (Å²) >= 11 is 0. The minimum absolute atomic E-state index is 0.00224. The number of rotatable bonds is 6. The zero-order valence-electron chi connectivity index (χ0n) is 22.3. The highest BCUT2D eigenvalue weighted by molar-refractivity contribution is 6.52. The average Bonchev–Trinajstić information content (AvgIpc) is 3.36. The Morgan fingerprint density at radius 2 is 1.74 bits per heavy atom. The summed E-state index contributed by atoms with van der Waals surface area (Å²) in [4.78, 5) is 32.1. The van der Waals surface area contributed by atoms with E-state index in [0.29, 0.717) is 17.0 Å². The summed E-state index contributed by atoms with van der Waals surface area (Å²) in [6.45, 7) is 9.79. The lowest BCUT2D eigenvalue weighted by Gasteiger charge is -2.26. The van der Waals surface area contributed by atoms with Crippen LogP contribution < -0.4 is 9.64 Å². The lowest BCUT2D eigenvalue weighted by atomic mass is 9.92. The van der Waals surface area contributed by atoms with Crippen molar-refractivity contribution in [2.75, 3.05) is 4.90 Å². The van der Waals surface area contributed by atoms with Crippen molar-refractivity contribution in [3.63, 3.8) is 0 Å². The molecule has 1 aliphatic rings. The maximum absolute atomic E-state index is 13.6. The van der Waals surface area contributed by atoms with Gasteiger partial charge in [0.2, 0.25) is 0 Å². The summed E-state index contributed by atoms with van der Waals surface area (Å²) in [5.74, 6) is -0.874. The number of aryl methyl sites for hydroxylation is 3. The summed E-state index contributed by atoms with van der Waals surface area (Å²) in [5.41, 5.74) is 5.61. The van der Waals surface area contributed by atoms with Gasteiger partial charge in [-0.1, -0.05) is 37.3 Å². The molecule has 1 fully saturated rings. The number of para-hydroxylation sites is 1. The number of hydrogen-bond donors (Lipinski definition) is 2. The van der Waals surface area contributed by atoms with Gasteiger partial charge in [-0.05, 0) is 81.6 Å². The minimum Gasteiger partial charge on any atom is -0.507 e. The number of carbonyl (C=O) groups excluding carboxylic acids is 2. The van der Waals surface area contributed by atoms with Gasteiger partial charge < -0.3 is 14.8 Å². The number of aliphatic hydroxyl groups excluding tert-OH is 1. The Hall–Kier alpha value is -4.32. The molecule has 1 saturated heterocycles. The van der Waals surface area contributed by atoms with Gasteiger partial charge in [-0.3, -0.25) is 14.5 Å². The first-order valence-corrected chi connectivity index (χ1v) is 13.0. The van der Waals surface area contributed by atoms with Crippen LogP contribution in [0.4, 0.5) is 5.69 Å². The van der Waals surface area contributed by atoms with Crippen molar-refractivity contribution in [3.05, 3.63) is 100 Å². The molecule has 2 heterocycles. The number of nitrogens with one attached hydrogen (secondary N) is 1. The average molecular weight is 509 g/mol. The van der Waals surface area contributed by atoms with E-state index in [1.54, 1.807) is 18.2 Å². The lowest BCUT2D eigenvalue weighted by molar-refractivity contribution is -0.132. The van der Waals surface area contributed by atoms with Gasteiger partial charge >= 0.3 is 0 Å². The van der Waals surface area contributed by atoms with E-state index in [4.69, 9.17) is 4.74 Å². The predicted octanol–water partition coefficient (Wildman–Crippen LogP) is 6.76. The topological polar surface area (TPSA) is 82.6 Å². The Balaban J connectivity index is 1.74. The quantitative estimate of drug-likeness (QED) is 0.171. The number of anilines is 1. The van der Waals surface area contributed by atoms with Gasteiger partial charge in [-0.2, -0.15) is 0 Å². The molecule has 1 amide bonds. The Morgan fingerprint density at radius 3 is 2.39 bits per heavy atom. The number of aliphatic hydroxyl groups is 1. The van der Waals surface area contributed by atoms with E-state index in [9.17, 15) is 14.7 Å². The molecule has 0 radical (unpaired) electrons. The standard InChI is InChI=1S/C32H32N2O4/c1-6-21-11-14-23(15-12-21)34-29(27-20(5)33-25-10-8-7-9-24(25)27)28(31(36)32(34)37)30(35)22-13-16-26(19(4)17-22)38-18(2)3/h7-18,29,33,35H,6H2,1-5H3/b30-28+. The molecule has 6 nitrogen and oxygen atoms in total. The van der Waals surface area contributed by atoms with Crippen molar-refractivity contribution in [2.24, 2.45) is 0 Å². The number of ether oxygens (including phenoxy) is 1. The Bertz CT molecular complexity index is 1580. The van der Waals surface area contributed by atoms with Gasteiger partial charge in [0.1, 0.15) is 11.5 Å². The molecule has 0 spiro atoms. The lowest BCUT2D eigenvalue weighted by Crippen LogP contribution is -2.29. The van der Waals surface area contributed by atoms with Crippen LogP contribution >= 0.6 is 0 Å². The summed E-state index contributed by atoms with van der Waals surface area (Å²) < 4.78 is 5.85. The molecule has 194 valence electrons. The molecule has 5 rings (SSSR count). The van der Waals surface area contributed by atoms with Gasteiger partial charge in [0.05, 0.1) is 17.7 Å². The number of fused-ring (bicyclic) bond motifs is 1. The molecule has 6 heteroatoms. The van der Waals surface area contributed by atoms with Gasteiger partial charge in [-0.15, -0.1) is 0 Å². The number of benzene rings is 3. The fourth-order valence-corrected chi connectivity index (χ4v) is 5.25. The maximum Gasteiger partial charge on any atom is 0.300 e. The van der Waals surface area contributed by atoms with E-state index in [2.05, 4.69) is 11.9 Å². The van der Waals surface area contributed by atoms with Crippen molar-refractivity contribution >= 4 is 34.0 Å². The smallest absolute Gasteiger partial charge is 0.300 e. The van der Waals surface area contributed by atoms with Gasteiger partial charge in [0, 0.05) is 33.4 Å². The van der Waals surface area contributed by atoms with Crippen molar-refractivity contribution in [3.8, 4) is 5.75 Å². The molecule has 4 aromatic rings. The molecule has 1 aliphatic heterocycles. The number of aromatic amines is 1. The number of amides is 1. The third kappa shape index (κ3) is 4.26. The van der Waals surface area contributed by atoms with E-state index in [-0.39, 0.29) is 17.4 Å². The zero-order valence-corrected chi connectivity index (χ0v) is 22.3. The Morgan fingerprint density at radius 1 is 1.03 bits per heavy atom. The van der Waals surface area contributed by atoms with Crippen LogP contribution in [0.5, 0.6) is 5.75 Å². The molecule has 1 unspecified atom stereocenters. The van der Waals surface area contributed by atoms with Gasteiger partial charge in [-0.25, -0.2) is 0 Å². The molecule has 3 aromatic carbocycles. The van der Waals surface area contributed by atoms with Crippen LogP contribution in [0.3, 0.4) is 0 Å².